The van der Waals surface area contributed by atoms with Gasteiger partial charge in [0.15, 0.2) is 5.82 Å². The molecule has 1 N–H and O–H groups in total. The summed E-state index contributed by atoms with van der Waals surface area (Å²) in [5, 5.41) is 11.1. The number of nitrogens with one attached hydrogen (secondary N) is 1. The van der Waals surface area contributed by atoms with Gasteiger partial charge in [-0.3, -0.25) is 5.10 Å². The molecule has 4 aromatic rings. The van der Waals surface area contributed by atoms with Crippen LogP contribution in [0.2, 0.25) is 0 Å². The van der Waals surface area contributed by atoms with Crippen LogP contribution in [0.1, 0.15) is 11.3 Å². The summed E-state index contributed by atoms with van der Waals surface area (Å²) in [6.07, 6.45) is 0. The molecule has 0 radical (unpaired) electrons. The van der Waals surface area contributed by atoms with E-state index >= 15 is 0 Å². The van der Waals surface area contributed by atoms with E-state index in [-0.39, 0.29) is 0 Å². The van der Waals surface area contributed by atoms with Gasteiger partial charge in [-0.1, -0.05) is 41.6 Å². The van der Waals surface area contributed by atoms with Crippen molar-refractivity contribution < 1.29 is 4.74 Å². The molecule has 0 amide bonds. The number of aromatic nitrogens is 4. The Labute approximate surface area is 165 Å². The molecule has 136 valence electrons. The predicted octanol–water partition coefficient (Wildman–Crippen LogP) is 5.20. The first-order valence-electron chi connectivity index (χ1n) is 8.42. The SMILES string of the molecule is COc1ccc(-c2nc(CSc3n[nH]c(-c4ccc(C)cc4)n3)cs2)cc1. The van der Waals surface area contributed by atoms with Gasteiger partial charge in [0.1, 0.15) is 10.8 Å². The minimum Gasteiger partial charge on any atom is -0.497 e. The van der Waals surface area contributed by atoms with Gasteiger partial charge in [-0.2, -0.15) is 0 Å². The van der Waals surface area contributed by atoms with E-state index in [9.17, 15) is 0 Å². The molecule has 0 atom stereocenters. The third kappa shape index (κ3) is 4.20. The summed E-state index contributed by atoms with van der Waals surface area (Å²) in [6.45, 7) is 2.07. The Morgan fingerprint density at radius 2 is 1.74 bits per heavy atom. The zero-order valence-corrected chi connectivity index (χ0v) is 16.6. The lowest BCUT2D eigenvalue weighted by molar-refractivity contribution is 0.415. The maximum Gasteiger partial charge on any atom is 0.209 e. The van der Waals surface area contributed by atoms with Crippen molar-refractivity contribution in [1.29, 1.82) is 0 Å². The second-order valence-corrected chi connectivity index (χ2v) is 7.79. The van der Waals surface area contributed by atoms with Crippen LogP contribution in [0.5, 0.6) is 5.75 Å². The van der Waals surface area contributed by atoms with Crippen LogP contribution in [-0.2, 0) is 5.75 Å². The van der Waals surface area contributed by atoms with Crippen LogP contribution in [0, 0.1) is 6.92 Å². The third-order valence-corrected chi connectivity index (χ3v) is 5.85. The van der Waals surface area contributed by atoms with Gasteiger partial charge in [0.2, 0.25) is 5.16 Å². The molecular weight excluding hydrogens is 376 g/mol. The van der Waals surface area contributed by atoms with Gasteiger partial charge >= 0.3 is 0 Å². The van der Waals surface area contributed by atoms with Gasteiger partial charge in [-0.25, -0.2) is 9.97 Å². The average Bonchev–Trinajstić information content (AvgIpc) is 3.37. The van der Waals surface area contributed by atoms with Gasteiger partial charge in [0.05, 0.1) is 12.8 Å². The van der Waals surface area contributed by atoms with E-state index in [0.717, 1.165) is 44.3 Å². The Bertz CT molecular complexity index is 1020. The second-order valence-electron chi connectivity index (χ2n) is 5.99. The number of hydrogen-bond acceptors (Lipinski definition) is 6. The van der Waals surface area contributed by atoms with E-state index < -0.39 is 0 Å². The fraction of sp³-hybridized carbons (Fsp3) is 0.150. The first kappa shape index (κ1) is 17.8. The minimum absolute atomic E-state index is 0.726. The van der Waals surface area contributed by atoms with Crippen LogP contribution in [0.15, 0.2) is 59.1 Å². The number of thioether (sulfide) groups is 1. The number of benzene rings is 2. The topological polar surface area (TPSA) is 63.7 Å². The summed E-state index contributed by atoms with van der Waals surface area (Å²) in [4.78, 5) is 9.28. The number of rotatable bonds is 6. The van der Waals surface area contributed by atoms with Gasteiger partial charge in [-0.05, 0) is 31.2 Å². The van der Waals surface area contributed by atoms with Gasteiger partial charge < -0.3 is 4.74 Å². The number of thiazole rings is 1. The second kappa shape index (κ2) is 7.94. The minimum atomic E-state index is 0.726. The van der Waals surface area contributed by atoms with E-state index in [0.29, 0.717) is 0 Å². The van der Waals surface area contributed by atoms with Crippen molar-refractivity contribution in [2.45, 2.75) is 17.8 Å². The molecule has 0 unspecified atom stereocenters. The van der Waals surface area contributed by atoms with Crippen LogP contribution in [0.4, 0.5) is 0 Å². The molecule has 7 heteroatoms. The summed E-state index contributed by atoms with van der Waals surface area (Å²) in [7, 11) is 1.67. The first-order chi connectivity index (χ1) is 13.2. The van der Waals surface area contributed by atoms with Crippen molar-refractivity contribution in [2.75, 3.05) is 7.11 Å². The van der Waals surface area contributed by atoms with Crippen molar-refractivity contribution in [3.63, 3.8) is 0 Å². The molecule has 27 heavy (non-hydrogen) atoms. The third-order valence-electron chi connectivity index (χ3n) is 4.03. The van der Waals surface area contributed by atoms with Gasteiger partial charge in [0, 0.05) is 22.3 Å². The number of H-pyrrole nitrogens is 1. The van der Waals surface area contributed by atoms with Crippen molar-refractivity contribution in [2.24, 2.45) is 0 Å². The molecule has 4 rings (SSSR count). The number of methoxy groups -OCH3 is 1. The molecule has 0 aliphatic heterocycles. The summed E-state index contributed by atoms with van der Waals surface area (Å²) < 4.78 is 5.20. The maximum absolute atomic E-state index is 5.20. The molecule has 0 bridgehead atoms. The molecule has 2 aromatic heterocycles. The van der Waals surface area contributed by atoms with Crippen LogP contribution in [-0.4, -0.2) is 27.3 Å². The largest absolute Gasteiger partial charge is 0.497 e. The average molecular weight is 395 g/mol. The molecule has 0 aliphatic carbocycles. The zero-order chi connectivity index (χ0) is 18.6. The number of aryl methyl sites for hydroxylation is 1. The van der Waals surface area contributed by atoms with E-state index in [4.69, 9.17) is 9.72 Å². The molecule has 0 saturated carbocycles. The molecule has 0 spiro atoms. The molecule has 5 nitrogen and oxygen atoms in total. The summed E-state index contributed by atoms with van der Waals surface area (Å²) in [6, 6.07) is 16.2. The fourth-order valence-corrected chi connectivity index (χ4v) is 4.15. The zero-order valence-electron chi connectivity index (χ0n) is 15.0. The highest BCUT2D eigenvalue weighted by atomic mass is 32.2. The molecule has 0 saturated heterocycles. The standard InChI is InChI=1S/C20H18N4OS2/c1-13-3-5-14(6-4-13)18-22-20(24-23-18)27-12-16-11-26-19(21-16)15-7-9-17(25-2)10-8-15/h3-11H,12H2,1-2H3,(H,22,23,24). The predicted molar refractivity (Wildman–Crippen MR) is 110 cm³/mol. The summed E-state index contributed by atoms with van der Waals surface area (Å²) >= 11 is 3.22. The van der Waals surface area contributed by atoms with E-state index in [1.807, 2.05) is 36.4 Å². The van der Waals surface area contributed by atoms with Crippen molar-refractivity contribution in [3.8, 4) is 27.7 Å². The quantitative estimate of drug-likeness (QED) is 0.455. The molecule has 0 fully saturated rings. The lowest BCUT2D eigenvalue weighted by atomic mass is 10.1. The Hall–Kier alpha value is -2.64. The summed E-state index contributed by atoms with van der Waals surface area (Å²) in [5.74, 6) is 2.37. The van der Waals surface area contributed by atoms with Gasteiger partial charge in [-0.15, -0.1) is 16.4 Å². The maximum atomic E-state index is 5.20. The molecule has 0 aliphatic rings. The normalized spacial score (nSPS) is 10.9. The molecular formula is C20H18N4OS2. The summed E-state index contributed by atoms with van der Waals surface area (Å²) in [5.41, 5.74) is 4.38. The fourth-order valence-electron chi connectivity index (χ4n) is 2.53. The Morgan fingerprint density at radius 1 is 1.00 bits per heavy atom. The highest BCUT2D eigenvalue weighted by molar-refractivity contribution is 7.98. The Morgan fingerprint density at radius 3 is 2.48 bits per heavy atom. The van der Waals surface area contributed by atoms with Crippen molar-refractivity contribution >= 4 is 23.1 Å². The van der Waals surface area contributed by atoms with Crippen LogP contribution < -0.4 is 4.74 Å². The number of hydrogen-bond donors (Lipinski definition) is 1. The molecule has 2 aromatic carbocycles. The van der Waals surface area contributed by atoms with Gasteiger partial charge in [0.25, 0.3) is 0 Å². The van der Waals surface area contributed by atoms with E-state index in [1.54, 1.807) is 30.2 Å². The first-order valence-corrected chi connectivity index (χ1v) is 10.3. The Balaban J connectivity index is 1.40. The van der Waals surface area contributed by atoms with E-state index in [1.165, 1.54) is 5.56 Å². The monoisotopic (exact) mass is 394 g/mol. The van der Waals surface area contributed by atoms with Crippen molar-refractivity contribution in [3.05, 3.63) is 65.2 Å². The highest BCUT2D eigenvalue weighted by Crippen LogP contribution is 2.28. The number of aromatic amines is 1. The van der Waals surface area contributed by atoms with Crippen molar-refractivity contribution in [1.82, 2.24) is 20.2 Å². The number of nitrogens with zero attached hydrogens (tertiary/aromatic N) is 3. The lowest BCUT2D eigenvalue weighted by Crippen LogP contribution is -1.85. The number of ether oxygens (including phenoxy) is 1. The van der Waals surface area contributed by atoms with Crippen LogP contribution in [0.25, 0.3) is 22.0 Å². The molecule has 2 heterocycles. The van der Waals surface area contributed by atoms with E-state index in [2.05, 4.69) is 39.6 Å². The lowest BCUT2D eigenvalue weighted by Gasteiger charge is -2.00. The van der Waals surface area contributed by atoms with Crippen LogP contribution in [0.3, 0.4) is 0 Å². The highest BCUT2D eigenvalue weighted by Gasteiger charge is 2.09. The van der Waals surface area contributed by atoms with Crippen LogP contribution >= 0.6 is 23.1 Å². The Kier molecular flexibility index (Phi) is 5.22. The smallest absolute Gasteiger partial charge is 0.209 e.